The van der Waals surface area contributed by atoms with Gasteiger partial charge in [-0.2, -0.15) is 0 Å². The monoisotopic (exact) mass is 1450 g/mol. The summed E-state index contributed by atoms with van der Waals surface area (Å²) < 4.78 is 83.4. The Labute approximate surface area is 581 Å². The number of aliphatic hydroxyl groups excluding tert-OH is 9. The predicted molar refractivity (Wildman–Crippen MR) is 343 cm³/mol. The lowest BCUT2D eigenvalue weighted by Crippen LogP contribution is -2.64. The van der Waals surface area contributed by atoms with Crippen LogP contribution < -0.4 is 42.5 Å². The fourth-order valence-electron chi connectivity index (χ4n) is 10.3. The van der Waals surface area contributed by atoms with Crippen molar-refractivity contribution in [1.29, 1.82) is 0 Å². The van der Waals surface area contributed by atoms with Gasteiger partial charge in [-0.3, -0.25) is 33.6 Å². The normalized spacial score (nSPS) is 25.9. The molecular weight excluding hydrogens is 1340 g/mol. The van der Waals surface area contributed by atoms with E-state index in [-0.39, 0.29) is 221 Å². The van der Waals surface area contributed by atoms with Crippen molar-refractivity contribution in [3.63, 3.8) is 0 Å². The fourth-order valence-corrected chi connectivity index (χ4v) is 10.3. The molecule has 0 saturated carbocycles. The van der Waals surface area contributed by atoms with Crippen LogP contribution in [0.3, 0.4) is 0 Å². The van der Waals surface area contributed by atoms with E-state index in [1.165, 1.54) is 20.8 Å². The van der Waals surface area contributed by atoms with Gasteiger partial charge in [-0.25, -0.2) is 0 Å². The number of carbonyl (C=O) groups excluding carboxylic acids is 7. The number of ether oxygens (including phenoxy) is 15. The molecule has 14 unspecified atom stereocenters. The van der Waals surface area contributed by atoms with E-state index in [0.717, 1.165) is 0 Å². The fraction of sp³-hybridized carbons (Fsp3) is 0.885. The first-order chi connectivity index (χ1) is 48.1. The predicted octanol–water partition coefficient (Wildman–Crippen LogP) is -9.22. The van der Waals surface area contributed by atoms with Gasteiger partial charge in [0.15, 0.2) is 18.9 Å². The first-order valence-corrected chi connectivity index (χ1v) is 33.6. The third-order valence-electron chi connectivity index (χ3n) is 15.5. The molecule has 7 amide bonds. The lowest BCUT2D eigenvalue weighted by molar-refractivity contribution is -0.272. The van der Waals surface area contributed by atoms with E-state index in [2.05, 4.69) is 42.5 Å². The van der Waals surface area contributed by atoms with Crippen molar-refractivity contribution in [2.24, 2.45) is 0 Å². The number of likely N-dealkylation sites (N-methyl/N-ethyl adjacent to an activating group) is 1. The van der Waals surface area contributed by atoms with Gasteiger partial charge < -0.3 is 160 Å². The van der Waals surface area contributed by atoms with Crippen LogP contribution in [0.2, 0.25) is 0 Å². The number of nitrogens with one attached hydrogen (secondary N) is 8. The van der Waals surface area contributed by atoms with E-state index in [9.17, 15) is 79.5 Å². The summed E-state index contributed by atoms with van der Waals surface area (Å²) in [7, 11) is 1.58. The maximum absolute atomic E-state index is 13.3. The number of rotatable bonds is 57. The minimum Gasteiger partial charge on any atom is -0.394 e. The molecule has 3 fully saturated rings. The lowest BCUT2D eigenvalue weighted by atomic mass is 9.83. The summed E-state index contributed by atoms with van der Waals surface area (Å²) in [5.74, 6) is -2.99. The molecule has 0 aromatic carbocycles. The van der Waals surface area contributed by atoms with Crippen LogP contribution in [0.4, 0.5) is 0 Å². The molecular formula is C61H112N8O31. The van der Waals surface area contributed by atoms with Crippen molar-refractivity contribution in [2.75, 3.05) is 192 Å². The highest BCUT2D eigenvalue weighted by Gasteiger charge is 2.48. The maximum Gasteiger partial charge on any atom is 0.234 e. The van der Waals surface area contributed by atoms with E-state index in [0.29, 0.717) is 0 Å². The van der Waals surface area contributed by atoms with E-state index in [4.69, 9.17) is 71.1 Å². The molecule has 0 aliphatic carbocycles. The highest BCUT2D eigenvalue weighted by molar-refractivity contribution is 5.81. The summed E-state index contributed by atoms with van der Waals surface area (Å²) in [6, 6.07) is -3.23. The molecule has 0 bridgehead atoms. The number of aliphatic hydroxyl groups is 9. The third kappa shape index (κ3) is 36.6. The molecule has 0 aromatic heterocycles. The van der Waals surface area contributed by atoms with Gasteiger partial charge >= 0.3 is 0 Å². The standard InChI is InChI=1S/C61H112N8O31/c1-39(73)66-49-55(83)52(80)42(36-70)98-58(49)95-32-29-92-26-23-89-20-17-86-14-11-63-45(76)5-8-61(69-48(79)35-62-4,9-6-46(77)64-12-15-87-18-21-90-24-27-93-30-33-96-59-50(67-40(2)74)56(84)53(81)43(37-71)99-59)10-7-47(78)65-13-16-88-19-22-91-25-28-94-31-34-97-60-51(68-41(3)75)57(85)54(82)44(38-72)100-60/h42-44,49-60,62,70-72,80-85H,5-38H2,1-4H3,(H,63,76)(H,64,77)(H,65,78)(H,66,73)(H,67,74)(H,68,75)(H,69,79)/t42?,43?,44?,49?,50?,51?,52-,53?,54?,55?,56?,57?,58?,59?,60?,61?/m1/s1. The highest BCUT2D eigenvalue weighted by Crippen LogP contribution is 2.28. The molecule has 39 nitrogen and oxygen atoms in total. The molecule has 0 spiro atoms. The minimum absolute atomic E-state index is 0.00256. The summed E-state index contributed by atoms with van der Waals surface area (Å²) in [6.45, 7) is 5.38. The Morgan fingerprint density at radius 1 is 0.350 bits per heavy atom. The maximum atomic E-state index is 13.3. The van der Waals surface area contributed by atoms with E-state index < -0.39 is 141 Å². The molecule has 582 valence electrons. The van der Waals surface area contributed by atoms with Gasteiger partial charge in [0.05, 0.1) is 165 Å². The smallest absolute Gasteiger partial charge is 0.234 e. The first-order valence-electron chi connectivity index (χ1n) is 33.6. The third-order valence-corrected chi connectivity index (χ3v) is 15.5. The number of amides is 7. The average molecular weight is 1450 g/mol. The summed E-state index contributed by atoms with van der Waals surface area (Å²) in [4.78, 5) is 88.1. The van der Waals surface area contributed by atoms with Crippen LogP contribution in [0.1, 0.15) is 59.3 Å². The van der Waals surface area contributed by atoms with Crippen LogP contribution in [0, 0.1) is 0 Å². The van der Waals surface area contributed by atoms with Gasteiger partial charge in [0, 0.05) is 65.2 Å². The number of carbonyl (C=O) groups is 7. The Balaban J connectivity index is 1.40. The van der Waals surface area contributed by atoms with E-state index in [1.807, 2.05) is 0 Å². The van der Waals surface area contributed by atoms with Crippen LogP contribution in [0.5, 0.6) is 0 Å². The molecule has 3 aliphatic rings. The van der Waals surface area contributed by atoms with Gasteiger partial charge in [-0.15, -0.1) is 0 Å². The molecule has 3 rings (SSSR count). The quantitative estimate of drug-likeness (QED) is 0.0252. The molecule has 0 aromatic rings. The summed E-state index contributed by atoms with van der Waals surface area (Å²) in [5, 5.41) is 112. The Morgan fingerprint density at radius 3 is 0.820 bits per heavy atom. The van der Waals surface area contributed by atoms with Crippen LogP contribution in [-0.4, -0.2) is 377 Å². The Bertz CT molecular complexity index is 2040. The topological polar surface area (TPSA) is 536 Å². The summed E-state index contributed by atoms with van der Waals surface area (Å²) >= 11 is 0. The molecule has 15 atom stereocenters. The van der Waals surface area contributed by atoms with Gasteiger partial charge in [-0.1, -0.05) is 0 Å². The molecule has 17 N–H and O–H groups in total. The first kappa shape index (κ1) is 89.5. The number of hydrogen-bond acceptors (Lipinski definition) is 32. The zero-order valence-electron chi connectivity index (χ0n) is 57.7. The minimum atomic E-state index is -1.44. The average Bonchev–Trinajstić information content (AvgIpc) is 0.824. The van der Waals surface area contributed by atoms with E-state index in [1.54, 1.807) is 7.05 Å². The van der Waals surface area contributed by atoms with Crippen molar-refractivity contribution in [3.8, 4) is 0 Å². The molecule has 100 heavy (non-hydrogen) atoms. The second-order valence-electron chi connectivity index (χ2n) is 23.3. The van der Waals surface area contributed by atoms with Crippen LogP contribution >= 0.6 is 0 Å². The molecule has 3 heterocycles. The van der Waals surface area contributed by atoms with Crippen molar-refractivity contribution in [1.82, 2.24) is 42.5 Å². The SMILES string of the molecule is CNCC(=O)NC(CCC(=O)NCCOCCOCCOCCOC1OC(CO)C(O)C(O)C1NC(C)=O)(CCC(=O)NCCOCCOCCOCCOC1OC(CO)C(O)C(O)C1NC(C)=O)CCC(=O)NCCOCCOCCOCCOC1OC(CO)[C@@H](O)C(O)C1NC(C)=O. The molecule has 3 saturated heterocycles. The Hall–Kier alpha value is -4.71. The lowest BCUT2D eigenvalue weighted by Gasteiger charge is -2.42. The second-order valence-corrected chi connectivity index (χ2v) is 23.3. The van der Waals surface area contributed by atoms with Crippen molar-refractivity contribution in [2.45, 2.75) is 157 Å². The Morgan fingerprint density at radius 2 is 0.590 bits per heavy atom. The summed E-state index contributed by atoms with van der Waals surface area (Å²) in [5.41, 5.74) is -1.20. The largest absolute Gasteiger partial charge is 0.394 e. The van der Waals surface area contributed by atoms with Crippen LogP contribution in [-0.2, 0) is 105 Å². The van der Waals surface area contributed by atoms with E-state index >= 15 is 0 Å². The van der Waals surface area contributed by atoms with Crippen LogP contribution in [0.15, 0.2) is 0 Å². The zero-order valence-corrected chi connectivity index (χ0v) is 57.7. The second kappa shape index (κ2) is 53.1. The summed E-state index contributed by atoms with van der Waals surface area (Å²) in [6.07, 6.45) is -15.5. The van der Waals surface area contributed by atoms with Crippen LogP contribution in [0.25, 0.3) is 0 Å². The zero-order chi connectivity index (χ0) is 73.5. The molecule has 0 radical (unpaired) electrons. The van der Waals surface area contributed by atoms with Crippen molar-refractivity contribution >= 4 is 41.4 Å². The Kier molecular flexibility index (Phi) is 47.5. The highest BCUT2D eigenvalue weighted by atomic mass is 16.7. The van der Waals surface area contributed by atoms with Gasteiger partial charge in [0.25, 0.3) is 0 Å². The van der Waals surface area contributed by atoms with Gasteiger partial charge in [0.1, 0.15) is 73.1 Å². The van der Waals surface area contributed by atoms with Crippen molar-refractivity contribution < 1.29 is 151 Å². The number of hydrogen-bond donors (Lipinski definition) is 17. The molecule has 3 aliphatic heterocycles. The van der Waals surface area contributed by atoms with Gasteiger partial charge in [-0.05, 0) is 26.3 Å². The van der Waals surface area contributed by atoms with Gasteiger partial charge in [0.2, 0.25) is 41.4 Å². The van der Waals surface area contributed by atoms with Crippen molar-refractivity contribution in [3.05, 3.63) is 0 Å². The molecule has 39 heteroatoms.